The first-order valence-corrected chi connectivity index (χ1v) is 17.1. The highest BCUT2D eigenvalue weighted by Gasteiger charge is 2.49. The van der Waals surface area contributed by atoms with E-state index in [0.717, 1.165) is 0 Å². The second kappa shape index (κ2) is 23.5. The van der Waals surface area contributed by atoms with Crippen LogP contribution in [0.25, 0.3) is 0 Å². The molecule has 2 rings (SSSR count). The van der Waals surface area contributed by atoms with Crippen molar-refractivity contribution in [3.8, 4) is 0 Å². The SMILES string of the molecule is C/C=C/[C@H]1CN(C(=O)OC(C)(C)C)[C@H](C(=O)CO)[C@@H]1O.C=CCOC(=O)OCC.C=CCO[C@H]1[C@@H](C(=O)CO)N(C(=O)OC(C)(C)C)C[C@@H]1/C=C/C. The maximum Gasteiger partial charge on any atom is 0.508 e. The molecule has 15 nitrogen and oxygen atoms in total. The van der Waals surface area contributed by atoms with E-state index in [9.17, 15) is 34.2 Å². The number of carbonyl (C=O) groups excluding carboxylic acids is 5. The Morgan fingerprint density at radius 3 is 1.60 bits per heavy atom. The lowest BCUT2D eigenvalue weighted by Crippen LogP contribution is -2.48. The number of rotatable bonds is 12. The summed E-state index contributed by atoms with van der Waals surface area (Å²) < 4.78 is 25.2. The highest BCUT2D eigenvalue weighted by Crippen LogP contribution is 2.31. The van der Waals surface area contributed by atoms with Crippen molar-refractivity contribution < 1.29 is 63.0 Å². The third-order valence-corrected chi connectivity index (χ3v) is 7.08. The molecule has 0 radical (unpaired) electrons. The molecule has 0 aromatic heterocycles. The Morgan fingerprint density at radius 1 is 0.731 bits per heavy atom. The van der Waals surface area contributed by atoms with E-state index < -0.39 is 78.6 Å². The fourth-order valence-corrected chi connectivity index (χ4v) is 5.17. The van der Waals surface area contributed by atoms with Crippen LogP contribution < -0.4 is 0 Å². The molecule has 3 N–H and O–H groups in total. The average Bonchev–Trinajstić information content (AvgIpc) is 3.58. The van der Waals surface area contributed by atoms with Crippen molar-refractivity contribution in [3.63, 3.8) is 0 Å². The van der Waals surface area contributed by atoms with E-state index in [2.05, 4.69) is 22.6 Å². The summed E-state index contributed by atoms with van der Waals surface area (Å²) in [4.78, 5) is 61.4. The van der Waals surface area contributed by atoms with Crippen LogP contribution in [0.2, 0.25) is 0 Å². The Labute approximate surface area is 307 Å². The van der Waals surface area contributed by atoms with E-state index in [-0.39, 0.29) is 31.6 Å². The minimum Gasteiger partial charge on any atom is -0.444 e. The van der Waals surface area contributed by atoms with Gasteiger partial charge in [-0.3, -0.25) is 19.4 Å². The van der Waals surface area contributed by atoms with Crippen LogP contribution in [0.1, 0.15) is 62.3 Å². The predicted octanol–water partition coefficient (Wildman–Crippen LogP) is 4.00. The Balaban J connectivity index is 0.000000818. The third-order valence-electron chi connectivity index (χ3n) is 7.08. The minimum atomic E-state index is -1.06. The lowest BCUT2D eigenvalue weighted by atomic mass is 9.98. The molecule has 0 aliphatic carbocycles. The molecule has 2 aliphatic rings. The lowest BCUT2D eigenvalue weighted by molar-refractivity contribution is -0.130. The zero-order valence-corrected chi connectivity index (χ0v) is 32.1. The molecule has 0 aromatic rings. The Hall–Kier alpha value is -4.05. The molecule has 52 heavy (non-hydrogen) atoms. The summed E-state index contributed by atoms with van der Waals surface area (Å²) in [7, 11) is 0. The average molecular weight is 741 g/mol. The first-order valence-electron chi connectivity index (χ1n) is 17.1. The smallest absolute Gasteiger partial charge is 0.444 e. The van der Waals surface area contributed by atoms with Crippen molar-refractivity contribution >= 4 is 29.9 Å². The van der Waals surface area contributed by atoms with Crippen LogP contribution in [0.5, 0.6) is 0 Å². The van der Waals surface area contributed by atoms with Crippen molar-refractivity contribution in [2.75, 3.05) is 46.1 Å². The zero-order valence-electron chi connectivity index (χ0n) is 32.1. The number of hydrogen-bond acceptors (Lipinski definition) is 13. The second-order valence-electron chi connectivity index (χ2n) is 13.6. The first kappa shape index (κ1) is 48.0. The molecule has 0 unspecified atom stereocenters. The van der Waals surface area contributed by atoms with Gasteiger partial charge in [0.15, 0.2) is 11.6 Å². The summed E-state index contributed by atoms with van der Waals surface area (Å²) in [6, 6.07) is -1.92. The molecule has 2 aliphatic heterocycles. The maximum atomic E-state index is 12.4. The van der Waals surface area contributed by atoms with E-state index in [1.54, 1.807) is 73.6 Å². The van der Waals surface area contributed by atoms with Gasteiger partial charge in [0.1, 0.15) is 43.1 Å². The van der Waals surface area contributed by atoms with E-state index in [0.29, 0.717) is 13.2 Å². The zero-order chi connectivity index (χ0) is 40.2. The van der Waals surface area contributed by atoms with Crippen molar-refractivity contribution in [3.05, 3.63) is 49.6 Å². The van der Waals surface area contributed by atoms with Crippen molar-refractivity contribution in [1.29, 1.82) is 0 Å². The molecule has 15 heteroatoms. The third kappa shape index (κ3) is 16.5. The number of aliphatic hydroxyl groups excluding tert-OH is 3. The van der Waals surface area contributed by atoms with Crippen LogP contribution in [-0.2, 0) is 33.3 Å². The number of carbonyl (C=O) groups is 5. The monoisotopic (exact) mass is 740 g/mol. The Bertz CT molecular complexity index is 1230. The van der Waals surface area contributed by atoms with Gasteiger partial charge in [-0.15, -0.1) is 6.58 Å². The number of aliphatic hydroxyl groups is 3. The Kier molecular flexibility index (Phi) is 21.7. The van der Waals surface area contributed by atoms with Gasteiger partial charge in [-0.05, 0) is 62.3 Å². The van der Waals surface area contributed by atoms with Crippen LogP contribution >= 0.6 is 0 Å². The standard InChI is InChI=1S/C17H27NO5.C14H23NO5.C6H10O3/c1-6-8-12-10-18(16(21)23-17(3,4)5)14(13(20)11-19)15(12)22-9-7-2;1-5-6-9-7-15(13(19)20-14(2,3)4)11(12(9)18)10(17)8-16;1-3-5-9-6(7)8-4-2/h6-8,12,14-15,19H,2,9-11H2,1,3-5H3;5-6,9,11-12,16,18H,7-8H2,1-4H3;3H,1,4-5H2,2H3/b8-6+;6-5+;/t12-,14+,15+;9-,11+,12+;/m00./s1. The summed E-state index contributed by atoms with van der Waals surface area (Å²) >= 11 is 0. The maximum absolute atomic E-state index is 12.4. The summed E-state index contributed by atoms with van der Waals surface area (Å²) in [5.41, 5.74) is -1.35. The molecule has 2 saturated heterocycles. The number of allylic oxidation sites excluding steroid dienone is 2. The van der Waals surface area contributed by atoms with Crippen LogP contribution in [-0.4, -0.2) is 137 Å². The quantitative estimate of drug-likeness (QED) is 0.148. The first-order chi connectivity index (χ1) is 24.3. The molecule has 0 spiro atoms. The molecular formula is C37H60N2O13. The fourth-order valence-electron chi connectivity index (χ4n) is 5.17. The number of ether oxygens (including phenoxy) is 5. The second-order valence-corrected chi connectivity index (χ2v) is 13.6. The van der Waals surface area contributed by atoms with E-state index in [1.165, 1.54) is 15.9 Å². The molecule has 296 valence electrons. The molecule has 6 atom stereocenters. The predicted molar refractivity (Wildman–Crippen MR) is 193 cm³/mol. The summed E-state index contributed by atoms with van der Waals surface area (Å²) in [6.45, 7) is 22.7. The number of Topliss-reactive ketones (excluding diaryl/α,β-unsaturated/α-hetero) is 2. The molecule has 0 bridgehead atoms. The molecular weight excluding hydrogens is 680 g/mol. The highest BCUT2D eigenvalue weighted by molar-refractivity contribution is 5.90. The normalized spacial score (nSPS) is 22.8. The van der Waals surface area contributed by atoms with Gasteiger partial charge in [-0.1, -0.05) is 43.0 Å². The topological polar surface area (TPSA) is 199 Å². The molecule has 0 aromatic carbocycles. The van der Waals surface area contributed by atoms with Gasteiger partial charge in [-0.25, -0.2) is 14.4 Å². The van der Waals surface area contributed by atoms with Gasteiger partial charge in [0.25, 0.3) is 0 Å². The number of amides is 2. The van der Waals surface area contributed by atoms with Crippen LogP contribution in [0.4, 0.5) is 14.4 Å². The minimum absolute atomic E-state index is 0.145. The number of ketones is 2. The van der Waals surface area contributed by atoms with E-state index >= 15 is 0 Å². The van der Waals surface area contributed by atoms with Gasteiger partial charge in [0.2, 0.25) is 0 Å². The highest BCUT2D eigenvalue weighted by atomic mass is 16.7. The van der Waals surface area contributed by atoms with Crippen LogP contribution in [0, 0.1) is 11.8 Å². The summed E-state index contributed by atoms with van der Waals surface area (Å²) in [5, 5.41) is 28.4. The molecule has 2 fully saturated rings. The number of hydrogen-bond donors (Lipinski definition) is 3. The van der Waals surface area contributed by atoms with Crippen LogP contribution in [0.15, 0.2) is 49.6 Å². The Morgan fingerprint density at radius 2 is 1.17 bits per heavy atom. The van der Waals surface area contributed by atoms with E-state index in [1.807, 2.05) is 19.1 Å². The van der Waals surface area contributed by atoms with Gasteiger partial charge < -0.3 is 39.0 Å². The van der Waals surface area contributed by atoms with Gasteiger partial charge in [0.05, 0.1) is 25.4 Å². The lowest BCUT2D eigenvalue weighted by Gasteiger charge is -2.29. The van der Waals surface area contributed by atoms with Gasteiger partial charge in [-0.2, -0.15) is 0 Å². The largest absolute Gasteiger partial charge is 0.508 e. The van der Waals surface area contributed by atoms with Crippen molar-refractivity contribution in [1.82, 2.24) is 9.80 Å². The van der Waals surface area contributed by atoms with Gasteiger partial charge in [0, 0.05) is 24.9 Å². The van der Waals surface area contributed by atoms with Gasteiger partial charge >= 0.3 is 18.3 Å². The number of likely N-dealkylation sites (tertiary alicyclic amines) is 2. The molecule has 0 saturated carbocycles. The number of nitrogens with zero attached hydrogens (tertiary/aromatic N) is 2. The van der Waals surface area contributed by atoms with Crippen molar-refractivity contribution in [2.45, 2.75) is 97.8 Å². The van der Waals surface area contributed by atoms with Crippen LogP contribution in [0.3, 0.4) is 0 Å². The molecule has 2 heterocycles. The molecule has 2 amide bonds. The fraction of sp³-hybridized carbons (Fsp3) is 0.649. The van der Waals surface area contributed by atoms with Crippen molar-refractivity contribution in [2.24, 2.45) is 11.8 Å². The summed E-state index contributed by atoms with van der Waals surface area (Å²) in [6.07, 6.45) is 6.88. The summed E-state index contributed by atoms with van der Waals surface area (Å²) in [5.74, 6) is -1.53. The van der Waals surface area contributed by atoms with E-state index in [4.69, 9.17) is 19.3 Å².